The van der Waals surface area contributed by atoms with Gasteiger partial charge in [0.2, 0.25) is 11.8 Å². The molecule has 152 valence electrons. The van der Waals surface area contributed by atoms with E-state index in [1.54, 1.807) is 23.1 Å². The molecule has 0 aliphatic carbocycles. The van der Waals surface area contributed by atoms with E-state index in [2.05, 4.69) is 5.32 Å². The van der Waals surface area contributed by atoms with Gasteiger partial charge in [-0.1, -0.05) is 0 Å². The number of carbonyl (C=O) groups is 2. The Balaban J connectivity index is 1.41. The van der Waals surface area contributed by atoms with Gasteiger partial charge in [-0.2, -0.15) is 0 Å². The fourth-order valence-electron chi connectivity index (χ4n) is 3.51. The average molecular weight is 396 g/mol. The molecular formula is C22H24N2O5. The molecule has 1 atom stereocenters. The van der Waals surface area contributed by atoms with Crippen molar-refractivity contribution < 1.29 is 23.8 Å². The van der Waals surface area contributed by atoms with Crippen molar-refractivity contribution in [2.45, 2.75) is 19.8 Å². The first-order valence-corrected chi connectivity index (χ1v) is 9.88. The second kappa shape index (κ2) is 8.43. The molecule has 0 aromatic heterocycles. The second-order valence-electron chi connectivity index (χ2n) is 7.03. The maximum atomic E-state index is 12.7. The van der Waals surface area contributed by atoms with Crippen LogP contribution in [0.1, 0.15) is 19.8 Å². The Morgan fingerprint density at radius 3 is 2.66 bits per heavy atom. The van der Waals surface area contributed by atoms with Crippen LogP contribution in [0.15, 0.2) is 42.5 Å². The monoisotopic (exact) mass is 396 g/mol. The molecular weight excluding hydrogens is 372 g/mol. The molecule has 2 aliphatic rings. The van der Waals surface area contributed by atoms with E-state index >= 15 is 0 Å². The fraction of sp³-hybridized carbons (Fsp3) is 0.364. The highest BCUT2D eigenvalue weighted by atomic mass is 16.5. The van der Waals surface area contributed by atoms with Gasteiger partial charge >= 0.3 is 0 Å². The molecule has 1 saturated heterocycles. The maximum Gasteiger partial charge on any atom is 0.229 e. The lowest BCUT2D eigenvalue weighted by Gasteiger charge is -2.17. The zero-order valence-electron chi connectivity index (χ0n) is 16.3. The average Bonchev–Trinajstić information content (AvgIpc) is 2.96. The van der Waals surface area contributed by atoms with Crippen molar-refractivity contribution in [3.63, 3.8) is 0 Å². The number of ether oxygens (including phenoxy) is 3. The molecule has 1 unspecified atom stereocenters. The zero-order chi connectivity index (χ0) is 20.2. The van der Waals surface area contributed by atoms with E-state index in [4.69, 9.17) is 14.2 Å². The Morgan fingerprint density at radius 2 is 1.90 bits per heavy atom. The van der Waals surface area contributed by atoms with Gasteiger partial charge in [0.05, 0.1) is 25.7 Å². The molecule has 2 aromatic carbocycles. The number of nitrogens with one attached hydrogen (secondary N) is 1. The zero-order valence-corrected chi connectivity index (χ0v) is 16.3. The summed E-state index contributed by atoms with van der Waals surface area (Å²) in [5.41, 5.74) is 1.40. The lowest BCUT2D eigenvalue weighted by molar-refractivity contribution is -0.122. The highest BCUT2D eigenvalue weighted by Gasteiger charge is 2.35. The summed E-state index contributed by atoms with van der Waals surface area (Å²) in [5, 5.41) is 2.90. The van der Waals surface area contributed by atoms with Gasteiger partial charge in [0.25, 0.3) is 0 Å². The van der Waals surface area contributed by atoms with Crippen molar-refractivity contribution >= 4 is 23.2 Å². The summed E-state index contributed by atoms with van der Waals surface area (Å²) in [6.45, 7) is 4.06. The van der Waals surface area contributed by atoms with Gasteiger partial charge in [0.15, 0.2) is 11.5 Å². The number of hydrogen-bond donors (Lipinski definition) is 1. The molecule has 0 bridgehead atoms. The normalized spacial score (nSPS) is 18.3. The van der Waals surface area contributed by atoms with Crippen LogP contribution in [0.25, 0.3) is 0 Å². The summed E-state index contributed by atoms with van der Waals surface area (Å²) in [7, 11) is 0. The Labute approximate surface area is 169 Å². The summed E-state index contributed by atoms with van der Waals surface area (Å²) in [5.74, 6) is 1.41. The fourth-order valence-corrected chi connectivity index (χ4v) is 3.51. The Hall–Kier alpha value is -3.22. The van der Waals surface area contributed by atoms with Crippen molar-refractivity contribution in [3.8, 4) is 17.2 Å². The van der Waals surface area contributed by atoms with Crippen molar-refractivity contribution in [1.82, 2.24) is 0 Å². The van der Waals surface area contributed by atoms with Gasteiger partial charge in [0.1, 0.15) is 5.75 Å². The summed E-state index contributed by atoms with van der Waals surface area (Å²) in [6.07, 6.45) is 1.01. The number of nitrogens with zero attached hydrogens (tertiary/aromatic N) is 1. The van der Waals surface area contributed by atoms with E-state index in [9.17, 15) is 9.59 Å². The number of rotatable bonds is 5. The van der Waals surface area contributed by atoms with Crippen LogP contribution in [0.3, 0.4) is 0 Å². The standard InChI is InChI=1S/C22H24N2O5/c1-2-27-18-7-5-17(6-8-18)24-14-15(12-21(24)25)22(26)23-16-4-9-19-20(13-16)29-11-3-10-28-19/h4-9,13,15H,2-3,10-12,14H2,1H3,(H,23,26). The van der Waals surface area contributed by atoms with Crippen molar-refractivity contribution in [3.05, 3.63) is 42.5 Å². The largest absolute Gasteiger partial charge is 0.494 e. The predicted octanol–water partition coefficient (Wildman–Crippen LogP) is 3.24. The number of fused-ring (bicyclic) bond motifs is 1. The van der Waals surface area contributed by atoms with Crippen LogP contribution in [-0.2, 0) is 9.59 Å². The summed E-state index contributed by atoms with van der Waals surface area (Å²) >= 11 is 0. The molecule has 0 spiro atoms. The first-order chi connectivity index (χ1) is 14.1. The predicted molar refractivity (Wildman–Crippen MR) is 109 cm³/mol. The molecule has 4 rings (SSSR count). The van der Waals surface area contributed by atoms with Gasteiger partial charge in [-0.25, -0.2) is 0 Å². The van der Waals surface area contributed by atoms with Crippen molar-refractivity contribution in [2.75, 3.05) is 36.6 Å². The summed E-state index contributed by atoms with van der Waals surface area (Å²) < 4.78 is 16.7. The molecule has 0 saturated carbocycles. The van der Waals surface area contributed by atoms with E-state index in [1.807, 2.05) is 31.2 Å². The molecule has 7 nitrogen and oxygen atoms in total. The van der Waals surface area contributed by atoms with Crippen LogP contribution < -0.4 is 24.4 Å². The van der Waals surface area contributed by atoms with Gasteiger partial charge in [0, 0.05) is 36.8 Å². The van der Waals surface area contributed by atoms with Crippen molar-refractivity contribution in [2.24, 2.45) is 5.92 Å². The van der Waals surface area contributed by atoms with Crippen LogP contribution in [-0.4, -0.2) is 38.2 Å². The second-order valence-corrected chi connectivity index (χ2v) is 7.03. The number of carbonyl (C=O) groups excluding carboxylic acids is 2. The highest BCUT2D eigenvalue weighted by molar-refractivity contribution is 6.03. The van der Waals surface area contributed by atoms with Gasteiger partial charge in [-0.05, 0) is 43.3 Å². The molecule has 2 aromatic rings. The maximum absolute atomic E-state index is 12.7. The molecule has 1 N–H and O–H groups in total. The lowest BCUT2D eigenvalue weighted by atomic mass is 10.1. The van der Waals surface area contributed by atoms with Crippen molar-refractivity contribution in [1.29, 1.82) is 0 Å². The Morgan fingerprint density at radius 1 is 1.14 bits per heavy atom. The van der Waals surface area contributed by atoms with E-state index in [0.29, 0.717) is 43.6 Å². The van der Waals surface area contributed by atoms with E-state index in [1.165, 1.54) is 0 Å². The lowest BCUT2D eigenvalue weighted by Crippen LogP contribution is -2.28. The minimum atomic E-state index is -0.412. The van der Waals surface area contributed by atoms with E-state index < -0.39 is 5.92 Å². The molecule has 1 fully saturated rings. The van der Waals surface area contributed by atoms with Crippen LogP contribution in [0, 0.1) is 5.92 Å². The number of hydrogen-bond acceptors (Lipinski definition) is 5. The number of benzene rings is 2. The third-order valence-electron chi connectivity index (χ3n) is 4.97. The molecule has 0 radical (unpaired) electrons. The van der Waals surface area contributed by atoms with Gasteiger partial charge < -0.3 is 24.4 Å². The molecule has 2 heterocycles. The minimum absolute atomic E-state index is 0.0621. The SMILES string of the molecule is CCOc1ccc(N2CC(C(=O)Nc3ccc4c(c3)OCCCO4)CC2=O)cc1. The molecule has 2 aliphatic heterocycles. The molecule has 2 amide bonds. The quantitative estimate of drug-likeness (QED) is 0.840. The van der Waals surface area contributed by atoms with Crippen LogP contribution >= 0.6 is 0 Å². The van der Waals surface area contributed by atoms with E-state index in [-0.39, 0.29) is 18.2 Å². The number of anilines is 2. The third-order valence-corrected chi connectivity index (χ3v) is 4.97. The molecule has 29 heavy (non-hydrogen) atoms. The van der Waals surface area contributed by atoms with E-state index in [0.717, 1.165) is 17.9 Å². The number of amides is 2. The van der Waals surface area contributed by atoms with Crippen LogP contribution in [0.5, 0.6) is 17.2 Å². The highest BCUT2D eigenvalue weighted by Crippen LogP contribution is 2.33. The first kappa shape index (κ1) is 19.1. The summed E-state index contributed by atoms with van der Waals surface area (Å²) in [4.78, 5) is 26.8. The topological polar surface area (TPSA) is 77.1 Å². The Bertz CT molecular complexity index is 897. The third kappa shape index (κ3) is 4.29. The smallest absolute Gasteiger partial charge is 0.229 e. The first-order valence-electron chi connectivity index (χ1n) is 9.88. The van der Waals surface area contributed by atoms with Crippen LogP contribution in [0.2, 0.25) is 0 Å². The summed E-state index contributed by atoms with van der Waals surface area (Å²) in [6, 6.07) is 12.7. The van der Waals surface area contributed by atoms with Gasteiger partial charge in [-0.3, -0.25) is 9.59 Å². The van der Waals surface area contributed by atoms with Gasteiger partial charge in [-0.15, -0.1) is 0 Å². The Kier molecular flexibility index (Phi) is 5.55. The minimum Gasteiger partial charge on any atom is -0.494 e. The molecule has 7 heteroatoms. The van der Waals surface area contributed by atoms with Crippen LogP contribution in [0.4, 0.5) is 11.4 Å².